The SMILES string of the molecule is Cc1ncccc1B([O-])[O-].[Li+].[Li+]. The Morgan fingerprint density at radius 3 is 2.25 bits per heavy atom. The van der Waals surface area contributed by atoms with Crippen LogP contribution in [-0.4, -0.2) is 12.1 Å². The number of hydrogen-bond donors (Lipinski definition) is 0. The van der Waals surface area contributed by atoms with Gasteiger partial charge in [-0.1, -0.05) is 13.2 Å². The molecule has 0 atom stereocenters. The van der Waals surface area contributed by atoms with Gasteiger partial charge in [-0.15, -0.1) is 5.46 Å². The van der Waals surface area contributed by atoms with Crippen molar-refractivity contribution in [2.45, 2.75) is 6.92 Å². The summed E-state index contributed by atoms with van der Waals surface area (Å²) >= 11 is 0. The molecule has 1 heterocycles. The molecule has 0 aliphatic carbocycles. The van der Waals surface area contributed by atoms with Gasteiger partial charge in [-0.05, 0) is 13.0 Å². The van der Waals surface area contributed by atoms with Crippen molar-refractivity contribution in [3.8, 4) is 0 Å². The van der Waals surface area contributed by atoms with Gasteiger partial charge in [0.05, 0.1) is 0 Å². The van der Waals surface area contributed by atoms with E-state index in [-0.39, 0.29) is 43.2 Å². The monoisotopic (exact) mass is 149 g/mol. The minimum atomic E-state index is -1.91. The molecule has 3 nitrogen and oxygen atoms in total. The molecular formula is C6H6BLi2NO2. The first-order chi connectivity index (χ1) is 4.72. The van der Waals surface area contributed by atoms with E-state index in [0.29, 0.717) is 5.69 Å². The summed E-state index contributed by atoms with van der Waals surface area (Å²) in [6.45, 7) is 1.65. The number of pyridine rings is 1. The average Bonchev–Trinajstić information content (AvgIpc) is 1.88. The molecule has 0 fully saturated rings. The summed E-state index contributed by atoms with van der Waals surface area (Å²) in [7, 11) is -1.91. The number of rotatable bonds is 1. The van der Waals surface area contributed by atoms with Gasteiger partial charge in [0.25, 0.3) is 0 Å². The van der Waals surface area contributed by atoms with Crippen LogP contribution in [0.3, 0.4) is 0 Å². The largest absolute Gasteiger partial charge is 1.00 e. The number of hydrogen-bond acceptors (Lipinski definition) is 3. The third-order valence-corrected chi connectivity index (χ3v) is 1.30. The van der Waals surface area contributed by atoms with Crippen LogP contribution >= 0.6 is 0 Å². The summed E-state index contributed by atoms with van der Waals surface area (Å²) in [6, 6.07) is 3.10. The van der Waals surface area contributed by atoms with E-state index in [4.69, 9.17) is 0 Å². The molecule has 0 spiro atoms. The molecule has 0 aliphatic rings. The summed E-state index contributed by atoms with van der Waals surface area (Å²) < 4.78 is 0. The minimum absolute atomic E-state index is 0. The van der Waals surface area contributed by atoms with Crippen LogP contribution in [0.1, 0.15) is 5.69 Å². The standard InChI is InChI=1S/C6H6BNO2.2Li/c1-5-6(7(9)10)3-2-4-8-5;;/h2-4H,1H3;;/q-2;2*+1. The molecule has 0 N–H and O–H groups in total. The van der Waals surface area contributed by atoms with Gasteiger partial charge in [0.15, 0.2) is 0 Å². The minimum Gasteiger partial charge on any atom is -0.889 e. The zero-order valence-corrected chi connectivity index (χ0v) is 7.57. The molecule has 1 rings (SSSR count). The Morgan fingerprint density at radius 1 is 1.33 bits per heavy atom. The van der Waals surface area contributed by atoms with Gasteiger partial charge in [0.1, 0.15) is 0 Å². The molecule has 0 aromatic carbocycles. The first-order valence-electron chi connectivity index (χ1n) is 2.95. The molecule has 0 radical (unpaired) electrons. The van der Waals surface area contributed by atoms with Crippen molar-refractivity contribution in [2.75, 3.05) is 0 Å². The Bertz CT molecular complexity index is 235. The van der Waals surface area contributed by atoms with Crippen LogP contribution in [0.15, 0.2) is 18.3 Å². The zero-order valence-electron chi connectivity index (χ0n) is 7.57. The van der Waals surface area contributed by atoms with E-state index in [1.807, 2.05) is 0 Å². The third-order valence-electron chi connectivity index (χ3n) is 1.30. The fraction of sp³-hybridized carbons (Fsp3) is 0.167. The Balaban J connectivity index is 0. The van der Waals surface area contributed by atoms with Crippen molar-refractivity contribution >= 4 is 12.6 Å². The molecule has 0 saturated heterocycles. The van der Waals surface area contributed by atoms with Crippen molar-refractivity contribution in [2.24, 2.45) is 0 Å². The van der Waals surface area contributed by atoms with E-state index in [1.165, 1.54) is 6.07 Å². The van der Waals surface area contributed by atoms with E-state index in [2.05, 4.69) is 4.98 Å². The van der Waals surface area contributed by atoms with Crippen LogP contribution in [0.2, 0.25) is 0 Å². The molecule has 0 amide bonds. The van der Waals surface area contributed by atoms with E-state index < -0.39 is 7.12 Å². The number of aryl methyl sites for hydroxylation is 1. The van der Waals surface area contributed by atoms with Crippen molar-refractivity contribution in [1.82, 2.24) is 4.98 Å². The zero-order chi connectivity index (χ0) is 7.56. The Labute approximate surface area is 96.1 Å². The third kappa shape index (κ3) is 3.83. The fourth-order valence-electron chi connectivity index (χ4n) is 0.746. The molecular weight excluding hydrogens is 143 g/mol. The maximum absolute atomic E-state index is 10.4. The van der Waals surface area contributed by atoms with E-state index in [0.717, 1.165) is 0 Å². The van der Waals surface area contributed by atoms with Gasteiger partial charge >= 0.3 is 37.7 Å². The molecule has 0 saturated carbocycles. The van der Waals surface area contributed by atoms with Crippen molar-refractivity contribution in [3.05, 3.63) is 24.0 Å². The molecule has 6 heteroatoms. The summed E-state index contributed by atoms with van der Waals surface area (Å²) in [4.78, 5) is 3.80. The molecule has 1 aromatic heterocycles. The van der Waals surface area contributed by atoms with E-state index in [9.17, 15) is 10.0 Å². The summed E-state index contributed by atoms with van der Waals surface area (Å²) in [5, 5.41) is 20.7. The predicted molar refractivity (Wildman–Crippen MR) is 34.4 cm³/mol. The Kier molecular flexibility index (Phi) is 8.41. The first kappa shape index (κ1) is 14.8. The first-order valence-corrected chi connectivity index (χ1v) is 2.95. The fourth-order valence-corrected chi connectivity index (χ4v) is 0.746. The predicted octanol–water partition coefficient (Wildman–Crippen LogP) is -8.19. The number of nitrogens with zero attached hydrogens (tertiary/aromatic N) is 1. The van der Waals surface area contributed by atoms with Gasteiger partial charge in [0, 0.05) is 11.9 Å². The smallest absolute Gasteiger partial charge is 0.889 e. The van der Waals surface area contributed by atoms with E-state index in [1.54, 1.807) is 19.2 Å². The van der Waals surface area contributed by atoms with Crippen molar-refractivity contribution in [3.63, 3.8) is 0 Å². The van der Waals surface area contributed by atoms with Crippen LogP contribution in [-0.2, 0) is 0 Å². The van der Waals surface area contributed by atoms with Crippen LogP contribution in [0.4, 0.5) is 0 Å². The summed E-state index contributed by atoms with van der Waals surface area (Å²) in [5.41, 5.74) is 0.764. The van der Waals surface area contributed by atoms with Gasteiger partial charge in [-0.3, -0.25) is 4.98 Å². The second-order valence-corrected chi connectivity index (χ2v) is 2.01. The Morgan fingerprint density at radius 2 is 1.92 bits per heavy atom. The van der Waals surface area contributed by atoms with Gasteiger partial charge in [-0.2, -0.15) is 0 Å². The maximum Gasteiger partial charge on any atom is 1.00 e. The van der Waals surface area contributed by atoms with Crippen LogP contribution in [0, 0.1) is 6.92 Å². The second kappa shape index (κ2) is 6.80. The van der Waals surface area contributed by atoms with E-state index >= 15 is 0 Å². The maximum atomic E-state index is 10.4. The molecule has 12 heavy (non-hydrogen) atoms. The van der Waals surface area contributed by atoms with Gasteiger partial charge in [0.2, 0.25) is 0 Å². The average molecular weight is 149 g/mol. The van der Waals surface area contributed by atoms with Crippen LogP contribution in [0.25, 0.3) is 0 Å². The summed E-state index contributed by atoms with van der Waals surface area (Å²) in [5.74, 6) is 0. The van der Waals surface area contributed by atoms with Crippen molar-refractivity contribution in [1.29, 1.82) is 0 Å². The molecule has 52 valence electrons. The van der Waals surface area contributed by atoms with Crippen molar-refractivity contribution < 1.29 is 47.8 Å². The van der Waals surface area contributed by atoms with Crippen LogP contribution in [0.5, 0.6) is 0 Å². The topological polar surface area (TPSA) is 59.0 Å². The van der Waals surface area contributed by atoms with Crippen LogP contribution < -0.4 is 53.2 Å². The quantitative estimate of drug-likeness (QED) is 0.372. The second-order valence-electron chi connectivity index (χ2n) is 2.01. The molecule has 0 bridgehead atoms. The van der Waals surface area contributed by atoms with Gasteiger partial charge in [-0.25, -0.2) is 0 Å². The number of aromatic nitrogens is 1. The summed E-state index contributed by atoms with van der Waals surface area (Å²) in [6.07, 6.45) is 1.56. The molecule has 0 aliphatic heterocycles. The molecule has 1 aromatic rings. The Hall–Kier alpha value is 0.330. The van der Waals surface area contributed by atoms with Gasteiger partial charge < -0.3 is 10.0 Å². The molecule has 0 unspecified atom stereocenters. The normalized spacial score (nSPS) is 7.92.